The number of thioether (sulfide) groups is 1. The molecule has 0 spiro atoms. The summed E-state index contributed by atoms with van der Waals surface area (Å²) in [6.45, 7) is 2.29. The van der Waals surface area contributed by atoms with Crippen molar-refractivity contribution in [2.75, 3.05) is 12.4 Å². The predicted molar refractivity (Wildman–Crippen MR) is 142 cm³/mol. The lowest BCUT2D eigenvalue weighted by Gasteiger charge is -2.18. The normalized spacial score (nSPS) is 11.9. The van der Waals surface area contributed by atoms with Crippen molar-refractivity contribution in [3.05, 3.63) is 84.4 Å². The van der Waals surface area contributed by atoms with Crippen molar-refractivity contribution in [3.63, 3.8) is 0 Å². The molecule has 2 atom stereocenters. The molecule has 0 heterocycles. The molecule has 2 N–H and O–H groups in total. The van der Waals surface area contributed by atoms with Crippen LogP contribution in [-0.2, 0) is 29.7 Å². The van der Waals surface area contributed by atoms with Crippen LogP contribution < -0.4 is 5.32 Å². The molecule has 0 bridgehead atoms. The lowest BCUT2D eigenvalue weighted by molar-refractivity contribution is -0.147. The molecule has 3 aromatic carbocycles. The number of carboxylic acids is 1. The average molecular weight is 510 g/mol. The van der Waals surface area contributed by atoms with Crippen LogP contribution >= 0.6 is 11.8 Å². The van der Waals surface area contributed by atoms with Gasteiger partial charge in [-0.15, -0.1) is 0 Å². The van der Waals surface area contributed by atoms with Crippen LogP contribution in [0, 0.1) is 5.92 Å². The summed E-state index contributed by atoms with van der Waals surface area (Å²) >= 11 is 1.57. The molecule has 3 rings (SSSR count). The number of hydrogen-bond acceptors (Lipinski definition) is 6. The number of nitrogens with one attached hydrogen (secondary N) is 1. The van der Waals surface area contributed by atoms with Gasteiger partial charge in [0.25, 0.3) is 0 Å². The van der Waals surface area contributed by atoms with Crippen molar-refractivity contribution in [2.24, 2.45) is 5.92 Å². The summed E-state index contributed by atoms with van der Waals surface area (Å²) in [5.41, 5.74) is 1.14. The fraction of sp³-hybridized carbons (Fsp3) is 0.286. The average Bonchev–Trinajstić information content (AvgIpc) is 2.87. The lowest BCUT2D eigenvalue weighted by atomic mass is 10.1. The van der Waals surface area contributed by atoms with Gasteiger partial charge in [-0.2, -0.15) is 11.8 Å². The third-order valence-electron chi connectivity index (χ3n) is 5.09. The summed E-state index contributed by atoms with van der Waals surface area (Å²) in [5, 5.41) is 14.0. The van der Waals surface area contributed by atoms with E-state index in [1.54, 1.807) is 18.7 Å². The predicted octanol–water partition coefficient (Wildman–Crippen LogP) is 4.49. The van der Waals surface area contributed by atoms with E-state index in [1.165, 1.54) is 10.8 Å². The Morgan fingerprint density at radius 1 is 0.889 bits per heavy atom. The van der Waals surface area contributed by atoms with Crippen LogP contribution in [0.1, 0.15) is 25.8 Å². The highest BCUT2D eigenvalue weighted by Gasteiger charge is 2.26. The van der Waals surface area contributed by atoms with Crippen LogP contribution in [0.4, 0.5) is 0 Å². The van der Waals surface area contributed by atoms with E-state index in [2.05, 4.69) is 58.6 Å². The second kappa shape index (κ2) is 15.4. The summed E-state index contributed by atoms with van der Waals surface area (Å²) in [5.74, 6) is -2.06. The number of Topliss-reactive ketones (excluding diaryl/α,β-unsaturated/α-hetero) is 1. The van der Waals surface area contributed by atoms with E-state index in [1.807, 2.05) is 30.3 Å². The van der Waals surface area contributed by atoms with Gasteiger partial charge in [-0.05, 0) is 16.3 Å². The first-order valence-corrected chi connectivity index (χ1v) is 12.7. The zero-order valence-electron chi connectivity index (χ0n) is 20.4. The maximum Gasteiger partial charge on any atom is 0.305 e. The Balaban J connectivity index is 0.000000373. The van der Waals surface area contributed by atoms with Gasteiger partial charge in [0.2, 0.25) is 5.91 Å². The van der Waals surface area contributed by atoms with Gasteiger partial charge >= 0.3 is 11.9 Å². The zero-order chi connectivity index (χ0) is 26.3. The van der Waals surface area contributed by atoms with Crippen LogP contribution in [0.3, 0.4) is 0 Å². The second-order valence-electron chi connectivity index (χ2n) is 8.15. The standard InChI is InChI=1S/C18H23NO6S.C10H8/c1-12(10-26-11-14-6-4-3-5-7-14)18(24)19-15(8-17(22)23)16(21)9-25-13(2)20;1-2-6-10-8-4-3-7-9(10)5-1/h3-7,12,15H,8-11H2,1-2H3,(H,19,24)(H,22,23);1-8H. The number of fused-ring (bicyclic) bond motifs is 1. The maximum absolute atomic E-state index is 12.2. The van der Waals surface area contributed by atoms with Crippen LogP contribution in [0.15, 0.2) is 78.9 Å². The largest absolute Gasteiger partial charge is 0.481 e. The number of carbonyl (C=O) groups is 4. The number of aliphatic carboxylic acids is 1. The van der Waals surface area contributed by atoms with Gasteiger partial charge in [-0.3, -0.25) is 19.2 Å². The van der Waals surface area contributed by atoms with Crippen molar-refractivity contribution in [2.45, 2.75) is 32.1 Å². The molecule has 1 amide bonds. The van der Waals surface area contributed by atoms with Crippen molar-refractivity contribution in [3.8, 4) is 0 Å². The molecule has 0 fully saturated rings. The number of esters is 1. The molecule has 0 aliphatic heterocycles. The molecule has 36 heavy (non-hydrogen) atoms. The van der Waals surface area contributed by atoms with Gasteiger partial charge in [0, 0.05) is 24.3 Å². The highest BCUT2D eigenvalue weighted by atomic mass is 32.2. The lowest BCUT2D eigenvalue weighted by Crippen LogP contribution is -2.46. The van der Waals surface area contributed by atoms with Gasteiger partial charge in [0.15, 0.2) is 12.4 Å². The number of ketones is 1. The number of benzene rings is 3. The molecule has 7 nitrogen and oxygen atoms in total. The molecule has 0 saturated heterocycles. The second-order valence-corrected chi connectivity index (χ2v) is 9.18. The smallest absolute Gasteiger partial charge is 0.305 e. The minimum Gasteiger partial charge on any atom is -0.481 e. The first-order valence-electron chi connectivity index (χ1n) is 11.5. The van der Waals surface area contributed by atoms with Crippen molar-refractivity contribution in [1.29, 1.82) is 0 Å². The Kier molecular flexibility index (Phi) is 12.2. The Hall–Kier alpha value is -3.65. The van der Waals surface area contributed by atoms with Gasteiger partial charge in [0.05, 0.1) is 6.42 Å². The number of amides is 1. The Morgan fingerprint density at radius 2 is 1.42 bits per heavy atom. The summed E-state index contributed by atoms with van der Waals surface area (Å²) < 4.78 is 4.59. The van der Waals surface area contributed by atoms with E-state index in [4.69, 9.17) is 5.11 Å². The molecule has 0 aliphatic carbocycles. The van der Waals surface area contributed by atoms with E-state index in [-0.39, 0.29) is 0 Å². The molecular weight excluding hydrogens is 478 g/mol. The summed E-state index contributed by atoms with van der Waals surface area (Å²) in [6.07, 6.45) is -0.560. The van der Waals surface area contributed by atoms with Crippen LogP contribution in [0.5, 0.6) is 0 Å². The number of ether oxygens (including phenoxy) is 1. The molecule has 0 aliphatic rings. The van der Waals surface area contributed by atoms with E-state index in [0.29, 0.717) is 5.75 Å². The number of carbonyl (C=O) groups excluding carboxylic acids is 3. The Labute approximate surface area is 215 Å². The fourth-order valence-corrected chi connectivity index (χ4v) is 4.19. The van der Waals surface area contributed by atoms with Gasteiger partial charge in [-0.25, -0.2) is 0 Å². The Bertz CT molecular complexity index is 1090. The highest BCUT2D eigenvalue weighted by Crippen LogP contribution is 2.16. The van der Waals surface area contributed by atoms with Gasteiger partial charge < -0.3 is 15.2 Å². The third kappa shape index (κ3) is 10.7. The van der Waals surface area contributed by atoms with E-state index in [0.717, 1.165) is 18.2 Å². The Morgan fingerprint density at radius 3 is 1.92 bits per heavy atom. The summed E-state index contributed by atoms with van der Waals surface area (Å²) in [4.78, 5) is 45.9. The van der Waals surface area contributed by atoms with Crippen LogP contribution in [0.25, 0.3) is 10.8 Å². The number of rotatable bonds is 11. The molecule has 0 aromatic heterocycles. The minimum absolute atomic E-state index is 0.401. The van der Waals surface area contributed by atoms with Crippen LogP contribution in [-0.4, -0.2) is 47.1 Å². The van der Waals surface area contributed by atoms with Crippen molar-refractivity contribution < 1.29 is 29.0 Å². The van der Waals surface area contributed by atoms with Gasteiger partial charge in [-0.1, -0.05) is 85.8 Å². The third-order valence-corrected chi connectivity index (χ3v) is 6.36. The topological polar surface area (TPSA) is 110 Å². The van der Waals surface area contributed by atoms with E-state index >= 15 is 0 Å². The van der Waals surface area contributed by atoms with Crippen molar-refractivity contribution in [1.82, 2.24) is 5.32 Å². The fourth-order valence-electron chi connectivity index (χ4n) is 3.14. The van der Waals surface area contributed by atoms with Gasteiger partial charge in [0.1, 0.15) is 6.04 Å². The number of hydrogen-bond donors (Lipinski definition) is 2. The SMILES string of the molecule is CC(=O)OCC(=O)C(CC(=O)O)NC(=O)C(C)CSCc1ccccc1.c1ccc2ccccc2c1. The number of carboxylic acid groups (broad SMARTS) is 1. The van der Waals surface area contributed by atoms with Crippen molar-refractivity contribution >= 4 is 46.2 Å². The maximum atomic E-state index is 12.2. The highest BCUT2D eigenvalue weighted by molar-refractivity contribution is 7.98. The molecule has 0 saturated carbocycles. The van der Waals surface area contributed by atoms with E-state index < -0.39 is 48.6 Å². The van der Waals surface area contributed by atoms with Crippen LogP contribution in [0.2, 0.25) is 0 Å². The molecular formula is C28H31NO6S. The molecule has 8 heteroatoms. The molecule has 2 unspecified atom stereocenters. The minimum atomic E-state index is -1.22. The first kappa shape index (κ1) is 28.6. The first-order chi connectivity index (χ1) is 17.3. The molecule has 0 radical (unpaired) electrons. The molecule has 3 aromatic rings. The summed E-state index contributed by atoms with van der Waals surface area (Å²) in [7, 11) is 0. The zero-order valence-corrected chi connectivity index (χ0v) is 21.2. The summed E-state index contributed by atoms with van der Waals surface area (Å²) in [6, 6.07) is 25.3. The van der Waals surface area contributed by atoms with E-state index in [9.17, 15) is 19.2 Å². The molecule has 190 valence electrons. The quantitative estimate of drug-likeness (QED) is 0.367. The monoisotopic (exact) mass is 509 g/mol.